The third-order valence-electron chi connectivity index (χ3n) is 2.71. The van der Waals surface area contributed by atoms with Crippen molar-refractivity contribution in [3.63, 3.8) is 0 Å². The SMILES string of the molecule is CCNS(=O)(=O)CCNC(=O)Nc1ccc(C(C)N)cc1. The number of amides is 2. The van der Waals surface area contributed by atoms with E-state index in [4.69, 9.17) is 5.73 Å². The first-order valence-electron chi connectivity index (χ1n) is 6.72. The fourth-order valence-corrected chi connectivity index (χ4v) is 2.59. The zero-order valence-corrected chi connectivity index (χ0v) is 13.0. The highest BCUT2D eigenvalue weighted by atomic mass is 32.2. The summed E-state index contributed by atoms with van der Waals surface area (Å²) >= 11 is 0. The number of carbonyl (C=O) groups excluding carboxylic acids is 1. The van der Waals surface area contributed by atoms with Gasteiger partial charge in [0.15, 0.2) is 0 Å². The second-order valence-electron chi connectivity index (χ2n) is 4.61. The average molecular weight is 314 g/mol. The number of benzene rings is 1. The van der Waals surface area contributed by atoms with Gasteiger partial charge in [0.05, 0.1) is 5.75 Å². The van der Waals surface area contributed by atoms with Gasteiger partial charge in [-0.15, -0.1) is 0 Å². The molecule has 0 aliphatic carbocycles. The Kier molecular flexibility index (Phi) is 6.60. The Morgan fingerprint density at radius 2 is 1.90 bits per heavy atom. The second-order valence-corrected chi connectivity index (χ2v) is 6.53. The first-order chi connectivity index (χ1) is 9.84. The van der Waals surface area contributed by atoms with Gasteiger partial charge in [0.2, 0.25) is 10.0 Å². The van der Waals surface area contributed by atoms with Crippen LogP contribution < -0.4 is 21.1 Å². The average Bonchev–Trinajstić information content (AvgIpc) is 2.38. The smallest absolute Gasteiger partial charge is 0.319 e. The van der Waals surface area contributed by atoms with Crippen molar-refractivity contribution in [1.29, 1.82) is 0 Å². The van der Waals surface area contributed by atoms with Crippen LogP contribution in [0.4, 0.5) is 10.5 Å². The number of hydrogen-bond donors (Lipinski definition) is 4. The minimum absolute atomic E-state index is 0.0408. The lowest BCUT2D eigenvalue weighted by molar-refractivity contribution is 0.252. The van der Waals surface area contributed by atoms with E-state index >= 15 is 0 Å². The molecule has 0 saturated heterocycles. The summed E-state index contributed by atoms with van der Waals surface area (Å²) in [6.45, 7) is 3.95. The predicted molar refractivity (Wildman–Crippen MR) is 83.5 cm³/mol. The lowest BCUT2D eigenvalue weighted by Crippen LogP contribution is -2.36. The standard InChI is InChI=1S/C13H22N4O3S/c1-3-16-21(19,20)9-8-15-13(18)17-12-6-4-11(5-7-12)10(2)14/h4-7,10,16H,3,8-9,14H2,1-2H3,(H2,15,17,18). The Bertz CT molecular complexity index is 555. The molecule has 0 aromatic heterocycles. The summed E-state index contributed by atoms with van der Waals surface area (Å²) in [6.07, 6.45) is 0. The van der Waals surface area contributed by atoms with Crippen LogP contribution in [0.15, 0.2) is 24.3 Å². The summed E-state index contributed by atoms with van der Waals surface area (Å²) in [4.78, 5) is 11.6. The topological polar surface area (TPSA) is 113 Å². The predicted octanol–water partition coefficient (Wildman–Crippen LogP) is 0.767. The van der Waals surface area contributed by atoms with Crippen molar-refractivity contribution in [1.82, 2.24) is 10.0 Å². The summed E-state index contributed by atoms with van der Waals surface area (Å²) in [6, 6.07) is 6.63. The molecule has 0 fully saturated rings. The summed E-state index contributed by atoms with van der Waals surface area (Å²) in [5.41, 5.74) is 7.32. The zero-order chi connectivity index (χ0) is 15.9. The molecule has 8 heteroatoms. The number of sulfonamides is 1. The van der Waals surface area contributed by atoms with E-state index in [1.54, 1.807) is 19.1 Å². The maximum atomic E-state index is 11.6. The summed E-state index contributed by atoms with van der Waals surface area (Å²) in [5.74, 6) is -0.155. The molecule has 1 aromatic rings. The van der Waals surface area contributed by atoms with Crippen LogP contribution in [0.1, 0.15) is 25.5 Å². The second kappa shape index (κ2) is 7.96. The molecule has 118 valence electrons. The van der Waals surface area contributed by atoms with Gasteiger partial charge >= 0.3 is 6.03 Å². The van der Waals surface area contributed by atoms with Crippen LogP contribution in [-0.4, -0.2) is 33.3 Å². The van der Waals surface area contributed by atoms with Gasteiger partial charge in [0.1, 0.15) is 0 Å². The monoisotopic (exact) mass is 314 g/mol. The molecular formula is C13H22N4O3S. The van der Waals surface area contributed by atoms with E-state index in [-0.39, 0.29) is 18.3 Å². The van der Waals surface area contributed by atoms with Crippen molar-refractivity contribution in [2.24, 2.45) is 5.73 Å². The molecule has 7 nitrogen and oxygen atoms in total. The van der Waals surface area contributed by atoms with Crippen molar-refractivity contribution in [3.05, 3.63) is 29.8 Å². The summed E-state index contributed by atoms with van der Waals surface area (Å²) in [5, 5.41) is 5.11. The van der Waals surface area contributed by atoms with Crippen molar-refractivity contribution in [2.45, 2.75) is 19.9 Å². The van der Waals surface area contributed by atoms with Crippen molar-refractivity contribution < 1.29 is 13.2 Å². The number of anilines is 1. The number of nitrogens with two attached hydrogens (primary N) is 1. The molecule has 1 atom stereocenters. The first-order valence-corrected chi connectivity index (χ1v) is 8.37. The summed E-state index contributed by atoms with van der Waals surface area (Å²) in [7, 11) is -3.32. The van der Waals surface area contributed by atoms with Crippen LogP contribution >= 0.6 is 0 Å². The number of carbonyl (C=O) groups is 1. The van der Waals surface area contributed by atoms with E-state index in [0.717, 1.165) is 5.56 Å². The fourth-order valence-electron chi connectivity index (χ4n) is 1.64. The Balaban J connectivity index is 2.40. The van der Waals surface area contributed by atoms with Gasteiger partial charge < -0.3 is 16.4 Å². The van der Waals surface area contributed by atoms with Crippen LogP contribution in [0.25, 0.3) is 0 Å². The third-order valence-corrected chi connectivity index (χ3v) is 4.19. The van der Waals surface area contributed by atoms with E-state index in [2.05, 4.69) is 15.4 Å². The quantitative estimate of drug-likeness (QED) is 0.595. The van der Waals surface area contributed by atoms with Gasteiger partial charge in [-0.05, 0) is 24.6 Å². The van der Waals surface area contributed by atoms with E-state index in [1.807, 2.05) is 19.1 Å². The minimum atomic E-state index is -3.32. The lowest BCUT2D eigenvalue weighted by atomic mass is 10.1. The van der Waals surface area contributed by atoms with E-state index in [0.29, 0.717) is 12.2 Å². The zero-order valence-electron chi connectivity index (χ0n) is 12.2. The number of rotatable bonds is 7. The maximum Gasteiger partial charge on any atom is 0.319 e. The highest BCUT2D eigenvalue weighted by molar-refractivity contribution is 7.89. The summed E-state index contributed by atoms with van der Waals surface area (Å²) < 4.78 is 25.1. The van der Waals surface area contributed by atoms with Crippen molar-refractivity contribution in [2.75, 3.05) is 24.2 Å². The molecule has 0 aliphatic rings. The first kappa shape index (κ1) is 17.4. The molecule has 0 heterocycles. The maximum absolute atomic E-state index is 11.6. The number of nitrogens with one attached hydrogen (secondary N) is 3. The van der Waals surface area contributed by atoms with E-state index in [9.17, 15) is 13.2 Å². The molecule has 0 saturated carbocycles. The molecular weight excluding hydrogens is 292 g/mol. The molecule has 0 spiro atoms. The Labute approximate surface area is 125 Å². The molecule has 1 rings (SSSR count). The molecule has 2 amide bonds. The van der Waals surface area contributed by atoms with Crippen molar-refractivity contribution >= 4 is 21.7 Å². The van der Waals surface area contributed by atoms with Crippen LogP contribution in [0.2, 0.25) is 0 Å². The normalized spacial score (nSPS) is 12.7. The van der Waals surface area contributed by atoms with Gasteiger partial charge in [-0.25, -0.2) is 17.9 Å². The van der Waals surface area contributed by atoms with Gasteiger partial charge in [-0.1, -0.05) is 19.1 Å². The molecule has 0 bridgehead atoms. The molecule has 0 aliphatic heterocycles. The molecule has 1 aromatic carbocycles. The van der Waals surface area contributed by atoms with Gasteiger partial charge in [0.25, 0.3) is 0 Å². The highest BCUT2D eigenvalue weighted by Crippen LogP contribution is 2.13. The van der Waals surface area contributed by atoms with Crippen LogP contribution in [0, 0.1) is 0 Å². The Morgan fingerprint density at radius 1 is 1.29 bits per heavy atom. The number of hydrogen-bond acceptors (Lipinski definition) is 4. The lowest BCUT2D eigenvalue weighted by Gasteiger charge is -2.10. The molecule has 0 radical (unpaired) electrons. The van der Waals surface area contributed by atoms with Crippen LogP contribution in [-0.2, 0) is 10.0 Å². The molecule has 21 heavy (non-hydrogen) atoms. The number of urea groups is 1. The largest absolute Gasteiger partial charge is 0.337 e. The highest BCUT2D eigenvalue weighted by Gasteiger charge is 2.09. The van der Waals surface area contributed by atoms with Gasteiger partial charge in [0, 0.05) is 24.8 Å². The van der Waals surface area contributed by atoms with Crippen molar-refractivity contribution in [3.8, 4) is 0 Å². The van der Waals surface area contributed by atoms with E-state index in [1.165, 1.54) is 0 Å². The Hall–Kier alpha value is -1.64. The molecule has 5 N–H and O–H groups in total. The van der Waals surface area contributed by atoms with E-state index < -0.39 is 16.1 Å². The van der Waals surface area contributed by atoms with Crippen LogP contribution in [0.5, 0.6) is 0 Å². The van der Waals surface area contributed by atoms with Crippen LogP contribution in [0.3, 0.4) is 0 Å². The van der Waals surface area contributed by atoms with Gasteiger partial charge in [-0.3, -0.25) is 0 Å². The van der Waals surface area contributed by atoms with Gasteiger partial charge in [-0.2, -0.15) is 0 Å². The Morgan fingerprint density at radius 3 is 2.43 bits per heavy atom. The third kappa shape index (κ3) is 6.56. The fraction of sp³-hybridized carbons (Fsp3) is 0.462. The minimum Gasteiger partial charge on any atom is -0.337 e. The molecule has 1 unspecified atom stereocenters.